The number of allylic oxidation sites excluding steroid dienone is 4. The van der Waals surface area contributed by atoms with Crippen molar-refractivity contribution in [2.24, 2.45) is 0 Å². The second-order valence-electron chi connectivity index (χ2n) is 2.94. The van der Waals surface area contributed by atoms with Crippen LogP contribution >= 0.6 is 0 Å². The Balaban J connectivity index is 3.83. The Labute approximate surface area is 75.2 Å². The minimum Gasteiger partial charge on any atom is -0.295 e. The van der Waals surface area contributed by atoms with Crippen molar-refractivity contribution in [2.75, 3.05) is 0 Å². The van der Waals surface area contributed by atoms with Crippen LogP contribution in [0, 0.1) is 0 Å². The lowest BCUT2D eigenvalue weighted by Crippen LogP contribution is -1.89. The van der Waals surface area contributed by atoms with Crippen molar-refractivity contribution in [3.63, 3.8) is 0 Å². The number of rotatable bonds is 5. The molecular weight excluding hydrogens is 148 g/mol. The van der Waals surface area contributed by atoms with E-state index in [1.54, 1.807) is 6.08 Å². The van der Waals surface area contributed by atoms with E-state index in [0.29, 0.717) is 6.42 Å². The van der Waals surface area contributed by atoms with Crippen LogP contribution in [0.1, 0.15) is 40.0 Å². The first-order valence-electron chi connectivity index (χ1n) is 4.57. The van der Waals surface area contributed by atoms with Gasteiger partial charge in [-0.15, -0.1) is 0 Å². The van der Waals surface area contributed by atoms with Gasteiger partial charge in [-0.25, -0.2) is 0 Å². The van der Waals surface area contributed by atoms with Crippen molar-refractivity contribution in [1.82, 2.24) is 0 Å². The van der Waals surface area contributed by atoms with E-state index >= 15 is 0 Å². The van der Waals surface area contributed by atoms with Crippen LogP contribution < -0.4 is 0 Å². The molecule has 0 saturated heterocycles. The van der Waals surface area contributed by atoms with Crippen LogP contribution in [0.15, 0.2) is 23.8 Å². The summed E-state index contributed by atoms with van der Waals surface area (Å²) in [7, 11) is 0. The SMILES string of the molecule is CCCC(=O)/C=C\C=C(/C)CC. The average Bonchev–Trinajstić information content (AvgIpc) is 2.04. The van der Waals surface area contributed by atoms with Crippen LogP contribution in [0.5, 0.6) is 0 Å². The highest BCUT2D eigenvalue weighted by Crippen LogP contribution is 1.98. The number of ketones is 1. The minimum atomic E-state index is 0.220. The first kappa shape index (κ1) is 11.2. The summed E-state index contributed by atoms with van der Waals surface area (Å²) in [6.07, 6.45) is 8.13. The van der Waals surface area contributed by atoms with E-state index in [9.17, 15) is 4.79 Å². The molecule has 0 N–H and O–H groups in total. The highest BCUT2D eigenvalue weighted by atomic mass is 16.1. The molecule has 0 saturated carbocycles. The standard InChI is InChI=1S/C11H18O/c1-4-7-11(12)9-6-8-10(3)5-2/h6,8-9H,4-5,7H2,1-3H3/b9-6-,10-8+. The van der Waals surface area contributed by atoms with E-state index in [1.165, 1.54) is 5.57 Å². The number of hydrogen-bond acceptors (Lipinski definition) is 1. The summed E-state index contributed by atoms with van der Waals surface area (Å²) in [6, 6.07) is 0. The van der Waals surface area contributed by atoms with E-state index in [0.717, 1.165) is 12.8 Å². The molecule has 0 spiro atoms. The summed E-state index contributed by atoms with van der Waals surface area (Å²) in [5, 5.41) is 0. The van der Waals surface area contributed by atoms with Crippen molar-refractivity contribution >= 4 is 5.78 Å². The van der Waals surface area contributed by atoms with Gasteiger partial charge in [0.05, 0.1) is 0 Å². The molecule has 0 aliphatic heterocycles. The van der Waals surface area contributed by atoms with E-state index in [-0.39, 0.29) is 5.78 Å². The molecule has 0 heterocycles. The maximum absolute atomic E-state index is 11.0. The largest absolute Gasteiger partial charge is 0.295 e. The van der Waals surface area contributed by atoms with E-state index in [4.69, 9.17) is 0 Å². The number of carbonyl (C=O) groups excluding carboxylic acids is 1. The normalized spacial score (nSPS) is 12.4. The predicted molar refractivity (Wildman–Crippen MR) is 53.1 cm³/mol. The van der Waals surface area contributed by atoms with Gasteiger partial charge in [-0.2, -0.15) is 0 Å². The van der Waals surface area contributed by atoms with Gasteiger partial charge in [0.15, 0.2) is 5.78 Å². The maximum Gasteiger partial charge on any atom is 0.155 e. The highest BCUT2D eigenvalue weighted by molar-refractivity contribution is 5.89. The Hall–Kier alpha value is -0.850. The first-order valence-corrected chi connectivity index (χ1v) is 4.57. The summed E-state index contributed by atoms with van der Waals surface area (Å²) in [6.45, 7) is 6.18. The van der Waals surface area contributed by atoms with Gasteiger partial charge in [0.2, 0.25) is 0 Å². The van der Waals surface area contributed by atoms with Crippen LogP contribution in [0.2, 0.25) is 0 Å². The molecule has 0 unspecified atom stereocenters. The Morgan fingerprint density at radius 3 is 2.50 bits per heavy atom. The van der Waals surface area contributed by atoms with Gasteiger partial charge in [0.1, 0.15) is 0 Å². The van der Waals surface area contributed by atoms with Crippen LogP contribution in [-0.4, -0.2) is 5.78 Å². The summed E-state index contributed by atoms with van der Waals surface area (Å²) >= 11 is 0. The van der Waals surface area contributed by atoms with Gasteiger partial charge in [-0.3, -0.25) is 4.79 Å². The molecule has 1 nitrogen and oxygen atoms in total. The lowest BCUT2D eigenvalue weighted by molar-refractivity contribution is -0.114. The molecule has 0 aliphatic rings. The van der Waals surface area contributed by atoms with Crippen LogP contribution in [-0.2, 0) is 4.79 Å². The molecule has 0 aliphatic carbocycles. The Bertz CT molecular complexity index is 187. The molecule has 0 aromatic carbocycles. The van der Waals surface area contributed by atoms with Crippen molar-refractivity contribution in [2.45, 2.75) is 40.0 Å². The number of carbonyl (C=O) groups is 1. The van der Waals surface area contributed by atoms with Crippen molar-refractivity contribution in [3.05, 3.63) is 23.8 Å². The van der Waals surface area contributed by atoms with Crippen LogP contribution in [0.25, 0.3) is 0 Å². The monoisotopic (exact) mass is 166 g/mol. The lowest BCUT2D eigenvalue weighted by Gasteiger charge is -1.90. The quantitative estimate of drug-likeness (QED) is 0.452. The molecule has 0 fully saturated rings. The fraction of sp³-hybridized carbons (Fsp3) is 0.545. The fourth-order valence-electron chi connectivity index (χ4n) is 0.767. The second kappa shape index (κ2) is 6.84. The minimum absolute atomic E-state index is 0.220. The lowest BCUT2D eigenvalue weighted by atomic mass is 10.2. The topological polar surface area (TPSA) is 17.1 Å². The first-order chi connectivity index (χ1) is 5.70. The third kappa shape index (κ3) is 5.90. The summed E-state index contributed by atoms with van der Waals surface area (Å²) in [5.74, 6) is 0.220. The van der Waals surface area contributed by atoms with Crippen LogP contribution in [0.3, 0.4) is 0 Å². The van der Waals surface area contributed by atoms with E-state index < -0.39 is 0 Å². The molecule has 0 aromatic rings. The molecule has 0 radical (unpaired) electrons. The van der Waals surface area contributed by atoms with E-state index in [2.05, 4.69) is 13.8 Å². The molecule has 0 atom stereocenters. The zero-order chi connectivity index (χ0) is 9.40. The van der Waals surface area contributed by atoms with E-state index in [1.807, 2.05) is 19.1 Å². The second-order valence-corrected chi connectivity index (χ2v) is 2.94. The summed E-state index contributed by atoms with van der Waals surface area (Å²) in [5.41, 5.74) is 1.30. The Morgan fingerprint density at radius 2 is 2.00 bits per heavy atom. The van der Waals surface area contributed by atoms with Crippen LogP contribution in [0.4, 0.5) is 0 Å². The Morgan fingerprint density at radius 1 is 1.33 bits per heavy atom. The Kier molecular flexibility index (Phi) is 6.35. The molecule has 0 amide bonds. The van der Waals surface area contributed by atoms with Crippen molar-refractivity contribution in [1.29, 1.82) is 0 Å². The zero-order valence-electron chi connectivity index (χ0n) is 8.26. The fourth-order valence-corrected chi connectivity index (χ4v) is 0.767. The molecule has 1 heteroatoms. The third-order valence-corrected chi connectivity index (χ3v) is 1.72. The van der Waals surface area contributed by atoms with Crippen molar-refractivity contribution in [3.8, 4) is 0 Å². The van der Waals surface area contributed by atoms with Gasteiger partial charge in [-0.05, 0) is 25.8 Å². The van der Waals surface area contributed by atoms with Gasteiger partial charge < -0.3 is 0 Å². The smallest absolute Gasteiger partial charge is 0.155 e. The van der Waals surface area contributed by atoms with Crippen molar-refractivity contribution < 1.29 is 4.79 Å². The molecule has 0 rings (SSSR count). The third-order valence-electron chi connectivity index (χ3n) is 1.72. The zero-order valence-corrected chi connectivity index (χ0v) is 8.26. The highest BCUT2D eigenvalue weighted by Gasteiger charge is 1.90. The molecular formula is C11H18O. The number of hydrogen-bond donors (Lipinski definition) is 0. The predicted octanol–water partition coefficient (Wildman–Crippen LogP) is 3.27. The van der Waals surface area contributed by atoms with Gasteiger partial charge >= 0.3 is 0 Å². The van der Waals surface area contributed by atoms with Gasteiger partial charge in [0.25, 0.3) is 0 Å². The molecule has 0 aromatic heterocycles. The summed E-state index contributed by atoms with van der Waals surface area (Å²) in [4.78, 5) is 11.0. The average molecular weight is 166 g/mol. The summed E-state index contributed by atoms with van der Waals surface area (Å²) < 4.78 is 0. The molecule has 12 heavy (non-hydrogen) atoms. The maximum atomic E-state index is 11.0. The molecule has 0 bridgehead atoms. The molecule has 68 valence electrons. The van der Waals surface area contributed by atoms with Gasteiger partial charge in [-0.1, -0.05) is 31.6 Å². The van der Waals surface area contributed by atoms with Gasteiger partial charge in [0, 0.05) is 6.42 Å².